The Labute approximate surface area is 90.9 Å². The number of aryl methyl sites for hydroxylation is 1. The summed E-state index contributed by atoms with van der Waals surface area (Å²) in [6.45, 7) is 2.21. The molecule has 2 rings (SSSR count). The highest BCUT2D eigenvalue weighted by molar-refractivity contribution is 5.89. The first-order valence-electron chi connectivity index (χ1n) is 5.59. The maximum atomic E-state index is 6.03. The molecule has 15 heavy (non-hydrogen) atoms. The van der Waals surface area contributed by atoms with Crippen LogP contribution in [-0.2, 0) is 6.42 Å². The highest BCUT2D eigenvalue weighted by Gasteiger charge is 2.03. The molecule has 78 valence electrons. The molecule has 0 radical (unpaired) electrons. The van der Waals surface area contributed by atoms with E-state index in [9.17, 15) is 0 Å². The molecule has 0 aliphatic rings. The topological polar surface area (TPSA) is 26.0 Å². The molecule has 0 aromatic heterocycles. The van der Waals surface area contributed by atoms with Gasteiger partial charge < -0.3 is 5.73 Å². The summed E-state index contributed by atoms with van der Waals surface area (Å²) in [5, 5.41) is 2.60. The van der Waals surface area contributed by atoms with Crippen molar-refractivity contribution < 1.29 is 0 Å². The van der Waals surface area contributed by atoms with Crippen LogP contribution >= 0.6 is 0 Å². The molecule has 0 spiro atoms. The lowest BCUT2D eigenvalue weighted by molar-refractivity contribution is 0.800. The van der Waals surface area contributed by atoms with Crippen LogP contribution in [0.1, 0.15) is 25.3 Å². The van der Waals surface area contributed by atoms with Crippen LogP contribution in [-0.4, -0.2) is 0 Å². The lowest BCUT2D eigenvalue weighted by Crippen LogP contribution is -1.95. The van der Waals surface area contributed by atoms with E-state index < -0.39 is 0 Å². The third-order valence-corrected chi connectivity index (χ3v) is 2.86. The van der Waals surface area contributed by atoms with Gasteiger partial charge in [0.2, 0.25) is 0 Å². The van der Waals surface area contributed by atoms with Crippen molar-refractivity contribution >= 4 is 16.5 Å². The number of hydrogen-bond acceptors (Lipinski definition) is 1. The van der Waals surface area contributed by atoms with Gasteiger partial charge in [0.1, 0.15) is 0 Å². The average molecular weight is 199 g/mol. The van der Waals surface area contributed by atoms with E-state index in [1.54, 1.807) is 0 Å². The summed E-state index contributed by atoms with van der Waals surface area (Å²) in [5.41, 5.74) is 8.27. The highest BCUT2D eigenvalue weighted by Crippen LogP contribution is 2.25. The van der Waals surface area contributed by atoms with Gasteiger partial charge in [-0.25, -0.2) is 0 Å². The molecule has 1 nitrogen and oxygen atoms in total. The Morgan fingerprint density at radius 2 is 1.87 bits per heavy atom. The number of unbranched alkanes of at least 4 members (excludes halogenated alkanes) is 1. The van der Waals surface area contributed by atoms with Crippen LogP contribution in [0.3, 0.4) is 0 Å². The molecule has 2 N–H and O–H groups in total. The first-order valence-corrected chi connectivity index (χ1v) is 5.59. The van der Waals surface area contributed by atoms with Crippen LogP contribution in [0.4, 0.5) is 5.69 Å². The molecule has 0 bridgehead atoms. The number of hydrogen-bond donors (Lipinski definition) is 1. The first-order chi connectivity index (χ1) is 7.33. The van der Waals surface area contributed by atoms with Crippen molar-refractivity contribution in [2.24, 2.45) is 0 Å². The molecule has 0 unspecified atom stereocenters. The lowest BCUT2D eigenvalue weighted by Gasteiger charge is -2.09. The van der Waals surface area contributed by atoms with E-state index in [-0.39, 0.29) is 0 Å². The molecule has 2 aromatic rings. The van der Waals surface area contributed by atoms with Gasteiger partial charge in [0, 0.05) is 5.69 Å². The SMILES string of the molecule is CCCCc1c(N)ccc2ccccc12. The summed E-state index contributed by atoms with van der Waals surface area (Å²) in [5.74, 6) is 0. The fourth-order valence-electron chi connectivity index (χ4n) is 1.99. The molecular formula is C14H17N. The zero-order chi connectivity index (χ0) is 10.7. The number of benzene rings is 2. The standard InChI is InChI=1S/C14H17N/c1-2-3-7-13-12-8-5-4-6-11(12)9-10-14(13)15/h4-6,8-10H,2-3,7,15H2,1H3. The van der Waals surface area contributed by atoms with Crippen LogP contribution in [0.25, 0.3) is 10.8 Å². The van der Waals surface area contributed by atoms with Crippen molar-refractivity contribution in [2.45, 2.75) is 26.2 Å². The fourth-order valence-corrected chi connectivity index (χ4v) is 1.99. The van der Waals surface area contributed by atoms with E-state index in [0.29, 0.717) is 0 Å². The fraction of sp³-hybridized carbons (Fsp3) is 0.286. The summed E-state index contributed by atoms with van der Waals surface area (Å²) in [4.78, 5) is 0. The number of anilines is 1. The van der Waals surface area contributed by atoms with Crippen molar-refractivity contribution in [1.29, 1.82) is 0 Å². The largest absolute Gasteiger partial charge is 0.398 e. The monoisotopic (exact) mass is 199 g/mol. The van der Waals surface area contributed by atoms with E-state index in [1.807, 2.05) is 6.07 Å². The molecular weight excluding hydrogens is 182 g/mol. The van der Waals surface area contributed by atoms with E-state index >= 15 is 0 Å². The minimum Gasteiger partial charge on any atom is -0.398 e. The quantitative estimate of drug-likeness (QED) is 0.748. The van der Waals surface area contributed by atoms with Gasteiger partial charge in [0.15, 0.2) is 0 Å². The maximum absolute atomic E-state index is 6.03. The molecule has 0 aliphatic carbocycles. The summed E-state index contributed by atoms with van der Waals surface area (Å²) in [6, 6.07) is 12.6. The van der Waals surface area contributed by atoms with Crippen LogP contribution in [0, 0.1) is 0 Å². The Hall–Kier alpha value is -1.50. The molecule has 0 aliphatic heterocycles. The smallest absolute Gasteiger partial charge is 0.0353 e. The van der Waals surface area contributed by atoms with Gasteiger partial charge in [-0.05, 0) is 35.2 Å². The number of rotatable bonds is 3. The highest BCUT2D eigenvalue weighted by atomic mass is 14.6. The Morgan fingerprint density at radius 3 is 2.67 bits per heavy atom. The molecule has 0 fully saturated rings. The molecule has 0 atom stereocenters. The molecule has 1 heteroatoms. The van der Waals surface area contributed by atoms with Gasteiger partial charge in [0.25, 0.3) is 0 Å². The molecule has 0 saturated heterocycles. The van der Waals surface area contributed by atoms with Crippen LogP contribution in [0.15, 0.2) is 36.4 Å². The van der Waals surface area contributed by atoms with Gasteiger partial charge in [-0.1, -0.05) is 43.7 Å². The van der Waals surface area contributed by atoms with Gasteiger partial charge in [0.05, 0.1) is 0 Å². The maximum Gasteiger partial charge on any atom is 0.0353 e. The zero-order valence-corrected chi connectivity index (χ0v) is 9.16. The minimum atomic E-state index is 0.933. The van der Waals surface area contributed by atoms with Gasteiger partial charge in [-0.3, -0.25) is 0 Å². The number of nitrogen functional groups attached to an aromatic ring is 1. The second-order valence-corrected chi connectivity index (χ2v) is 3.96. The summed E-state index contributed by atoms with van der Waals surface area (Å²) in [6.07, 6.45) is 3.50. The van der Waals surface area contributed by atoms with Crippen molar-refractivity contribution in [2.75, 3.05) is 5.73 Å². The van der Waals surface area contributed by atoms with Crippen molar-refractivity contribution in [3.8, 4) is 0 Å². The third kappa shape index (κ3) is 1.96. The molecule has 0 saturated carbocycles. The van der Waals surface area contributed by atoms with Crippen LogP contribution in [0.5, 0.6) is 0 Å². The Morgan fingerprint density at radius 1 is 1.07 bits per heavy atom. The Kier molecular flexibility index (Phi) is 2.91. The summed E-state index contributed by atoms with van der Waals surface area (Å²) >= 11 is 0. The predicted octanol–water partition coefficient (Wildman–Crippen LogP) is 3.76. The number of nitrogens with two attached hydrogens (primary N) is 1. The third-order valence-electron chi connectivity index (χ3n) is 2.86. The predicted molar refractivity (Wildman–Crippen MR) is 67.0 cm³/mol. The molecule has 0 amide bonds. The van der Waals surface area contributed by atoms with E-state index in [1.165, 1.54) is 29.2 Å². The van der Waals surface area contributed by atoms with Crippen molar-refractivity contribution in [1.82, 2.24) is 0 Å². The summed E-state index contributed by atoms with van der Waals surface area (Å²) in [7, 11) is 0. The minimum absolute atomic E-state index is 0.933. The van der Waals surface area contributed by atoms with Gasteiger partial charge >= 0.3 is 0 Å². The Bertz CT molecular complexity index is 460. The van der Waals surface area contributed by atoms with E-state index in [0.717, 1.165) is 12.1 Å². The second kappa shape index (κ2) is 4.35. The average Bonchev–Trinajstić information content (AvgIpc) is 2.28. The van der Waals surface area contributed by atoms with Crippen molar-refractivity contribution in [3.63, 3.8) is 0 Å². The van der Waals surface area contributed by atoms with E-state index in [4.69, 9.17) is 5.73 Å². The van der Waals surface area contributed by atoms with Gasteiger partial charge in [-0.2, -0.15) is 0 Å². The first kappa shape index (κ1) is 10.0. The summed E-state index contributed by atoms with van der Waals surface area (Å²) < 4.78 is 0. The van der Waals surface area contributed by atoms with Crippen LogP contribution in [0.2, 0.25) is 0 Å². The van der Waals surface area contributed by atoms with Gasteiger partial charge in [-0.15, -0.1) is 0 Å². The lowest BCUT2D eigenvalue weighted by atomic mass is 9.98. The van der Waals surface area contributed by atoms with Crippen LogP contribution < -0.4 is 5.73 Å². The molecule has 2 aromatic carbocycles. The van der Waals surface area contributed by atoms with Crippen molar-refractivity contribution in [3.05, 3.63) is 42.0 Å². The normalized spacial score (nSPS) is 10.7. The van der Waals surface area contributed by atoms with E-state index in [2.05, 4.69) is 37.3 Å². The number of fused-ring (bicyclic) bond motifs is 1. The second-order valence-electron chi connectivity index (χ2n) is 3.96. The Balaban J connectivity index is 2.53. The zero-order valence-electron chi connectivity index (χ0n) is 9.16. The molecule has 0 heterocycles.